The zero-order valence-corrected chi connectivity index (χ0v) is 8.60. The van der Waals surface area contributed by atoms with Crippen molar-refractivity contribution in [3.8, 4) is 0 Å². The molecule has 13 heavy (non-hydrogen) atoms. The van der Waals surface area contributed by atoms with Crippen LogP contribution >= 0.6 is 0 Å². The molecular formula is C12H18O. The highest BCUT2D eigenvalue weighted by atomic mass is 16.1. The molecule has 1 fully saturated rings. The van der Waals surface area contributed by atoms with Crippen molar-refractivity contribution in [1.82, 2.24) is 0 Å². The van der Waals surface area contributed by atoms with Crippen molar-refractivity contribution in [2.75, 3.05) is 0 Å². The summed E-state index contributed by atoms with van der Waals surface area (Å²) in [7, 11) is 0. The molecule has 2 rings (SSSR count). The Labute approximate surface area is 80.2 Å². The lowest BCUT2D eigenvalue weighted by molar-refractivity contribution is -0.128. The molecule has 2 unspecified atom stereocenters. The molecule has 0 aromatic heterocycles. The van der Waals surface area contributed by atoms with E-state index in [4.69, 9.17) is 0 Å². The van der Waals surface area contributed by atoms with Crippen LogP contribution in [0.4, 0.5) is 0 Å². The Morgan fingerprint density at radius 2 is 2.23 bits per heavy atom. The van der Waals surface area contributed by atoms with Gasteiger partial charge in [-0.2, -0.15) is 0 Å². The van der Waals surface area contributed by atoms with E-state index >= 15 is 0 Å². The number of hydrogen-bond donors (Lipinski definition) is 0. The lowest BCUT2D eigenvalue weighted by atomic mass is 9.60. The lowest BCUT2D eigenvalue weighted by Gasteiger charge is -2.43. The van der Waals surface area contributed by atoms with Crippen molar-refractivity contribution < 1.29 is 4.79 Å². The highest BCUT2D eigenvalue weighted by Gasteiger charge is 2.43. The summed E-state index contributed by atoms with van der Waals surface area (Å²) < 4.78 is 0. The van der Waals surface area contributed by atoms with Gasteiger partial charge in [0.25, 0.3) is 0 Å². The second kappa shape index (κ2) is 2.97. The van der Waals surface area contributed by atoms with E-state index in [1.54, 1.807) is 0 Å². The fraction of sp³-hybridized carbons (Fsp3) is 0.750. The number of fused-ring (bicyclic) bond motifs is 1. The molecule has 2 aliphatic rings. The van der Waals surface area contributed by atoms with Gasteiger partial charge in [0, 0.05) is 12.3 Å². The number of hydrogen-bond acceptors (Lipinski definition) is 1. The summed E-state index contributed by atoms with van der Waals surface area (Å²) in [6.45, 7) is 4.43. The predicted molar refractivity (Wildman–Crippen MR) is 53.4 cm³/mol. The molecule has 0 amide bonds. The fourth-order valence-corrected chi connectivity index (χ4v) is 3.16. The van der Waals surface area contributed by atoms with Crippen molar-refractivity contribution in [3.63, 3.8) is 0 Å². The van der Waals surface area contributed by atoms with Gasteiger partial charge in [-0.1, -0.05) is 18.6 Å². The van der Waals surface area contributed by atoms with Crippen LogP contribution in [0.2, 0.25) is 0 Å². The van der Waals surface area contributed by atoms with E-state index in [0.717, 1.165) is 12.8 Å². The molecule has 0 bridgehead atoms. The number of ketones is 1. The van der Waals surface area contributed by atoms with Crippen LogP contribution in [-0.4, -0.2) is 5.78 Å². The lowest BCUT2D eigenvalue weighted by Crippen LogP contribution is -2.39. The molecule has 0 N–H and O–H groups in total. The monoisotopic (exact) mass is 178 g/mol. The van der Waals surface area contributed by atoms with E-state index in [1.807, 2.05) is 0 Å². The van der Waals surface area contributed by atoms with E-state index in [0.29, 0.717) is 11.2 Å². The Hall–Kier alpha value is -0.590. The van der Waals surface area contributed by atoms with Crippen molar-refractivity contribution in [1.29, 1.82) is 0 Å². The van der Waals surface area contributed by atoms with Gasteiger partial charge in [0.15, 0.2) is 0 Å². The summed E-state index contributed by atoms with van der Waals surface area (Å²) in [5, 5.41) is 0. The molecule has 72 valence electrons. The summed E-state index contributed by atoms with van der Waals surface area (Å²) in [5.74, 6) is 0.747. The van der Waals surface area contributed by atoms with Crippen LogP contribution in [0.1, 0.15) is 46.0 Å². The van der Waals surface area contributed by atoms with Gasteiger partial charge in [-0.15, -0.1) is 0 Å². The topological polar surface area (TPSA) is 17.1 Å². The molecule has 0 saturated heterocycles. The first kappa shape index (κ1) is 8.98. The van der Waals surface area contributed by atoms with Crippen molar-refractivity contribution in [2.24, 2.45) is 11.3 Å². The average molecular weight is 178 g/mol. The summed E-state index contributed by atoms with van der Waals surface area (Å²) >= 11 is 0. The Balaban J connectivity index is 2.34. The van der Waals surface area contributed by atoms with Crippen LogP contribution in [0.25, 0.3) is 0 Å². The molecule has 1 nitrogen and oxygen atoms in total. The largest absolute Gasteiger partial charge is 0.299 e. The fourth-order valence-electron chi connectivity index (χ4n) is 3.16. The number of rotatable bonds is 0. The standard InChI is InChI=1S/C12H18O/c1-9-5-3-7-12(2)8-4-6-10(13)11(9)12/h5,11H,3-4,6-8H2,1-2H3. The molecule has 0 heterocycles. The minimum atomic E-state index is 0.259. The Kier molecular flexibility index (Phi) is 2.05. The zero-order valence-electron chi connectivity index (χ0n) is 8.60. The maximum atomic E-state index is 11.8. The smallest absolute Gasteiger partial charge is 0.140 e. The number of carbonyl (C=O) groups is 1. The molecule has 0 aromatic rings. The number of allylic oxidation sites excluding steroid dienone is 2. The molecule has 2 aliphatic carbocycles. The maximum Gasteiger partial charge on any atom is 0.140 e. The normalized spacial score (nSPS) is 39.7. The Morgan fingerprint density at radius 1 is 1.46 bits per heavy atom. The van der Waals surface area contributed by atoms with E-state index in [2.05, 4.69) is 19.9 Å². The van der Waals surface area contributed by atoms with Crippen LogP contribution in [0.5, 0.6) is 0 Å². The molecule has 0 spiro atoms. The van der Waals surface area contributed by atoms with Crippen LogP contribution in [0.3, 0.4) is 0 Å². The first-order chi connectivity index (χ1) is 6.13. The zero-order chi connectivity index (χ0) is 9.47. The van der Waals surface area contributed by atoms with Gasteiger partial charge >= 0.3 is 0 Å². The van der Waals surface area contributed by atoms with Crippen molar-refractivity contribution in [2.45, 2.75) is 46.0 Å². The van der Waals surface area contributed by atoms with E-state index in [9.17, 15) is 4.79 Å². The third kappa shape index (κ3) is 1.34. The van der Waals surface area contributed by atoms with Gasteiger partial charge in [-0.25, -0.2) is 0 Å². The summed E-state index contributed by atoms with van der Waals surface area (Å²) in [5.41, 5.74) is 1.63. The van der Waals surface area contributed by atoms with Crippen LogP contribution in [0, 0.1) is 11.3 Å². The van der Waals surface area contributed by atoms with Gasteiger partial charge in [-0.3, -0.25) is 4.79 Å². The second-order valence-corrected chi connectivity index (χ2v) is 4.89. The van der Waals surface area contributed by atoms with Gasteiger partial charge in [0.2, 0.25) is 0 Å². The van der Waals surface area contributed by atoms with Gasteiger partial charge in [0.1, 0.15) is 5.78 Å². The van der Waals surface area contributed by atoms with E-state index < -0.39 is 0 Å². The van der Waals surface area contributed by atoms with E-state index in [1.165, 1.54) is 24.8 Å². The van der Waals surface area contributed by atoms with Crippen molar-refractivity contribution in [3.05, 3.63) is 11.6 Å². The molecule has 2 atom stereocenters. The van der Waals surface area contributed by atoms with Crippen LogP contribution in [0.15, 0.2) is 11.6 Å². The molecule has 0 aliphatic heterocycles. The summed E-state index contributed by atoms with van der Waals surface area (Å²) in [6.07, 6.45) is 7.81. The number of carbonyl (C=O) groups excluding carboxylic acids is 1. The third-order valence-corrected chi connectivity index (χ3v) is 3.83. The second-order valence-electron chi connectivity index (χ2n) is 4.89. The molecule has 0 radical (unpaired) electrons. The van der Waals surface area contributed by atoms with Gasteiger partial charge < -0.3 is 0 Å². The highest BCUT2D eigenvalue weighted by Crippen LogP contribution is 2.48. The first-order valence-corrected chi connectivity index (χ1v) is 5.33. The average Bonchev–Trinajstić information content (AvgIpc) is 2.02. The minimum absolute atomic E-state index is 0.259. The highest BCUT2D eigenvalue weighted by molar-refractivity contribution is 5.85. The minimum Gasteiger partial charge on any atom is -0.299 e. The third-order valence-electron chi connectivity index (χ3n) is 3.83. The molecular weight excluding hydrogens is 160 g/mol. The van der Waals surface area contributed by atoms with Crippen molar-refractivity contribution >= 4 is 5.78 Å². The Morgan fingerprint density at radius 3 is 2.92 bits per heavy atom. The Bertz CT molecular complexity index is 264. The maximum absolute atomic E-state index is 11.8. The molecule has 0 aromatic carbocycles. The summed E-state index contributed by atoms with van der Waals surface area (Å²) in [4.78, 5) is 11.8. The molecule has 1 heteroatoms. The summed E-state index contributed by atoms with van der Waals surface area (Å²) in [6, 6.07) is 0. The molecule has 1 saturated carbocycles. The number of Topliss-reactive ketones (excluding diaryl/α,β-unsaturated/α-hetero) is 1. The quantitative estimate of drug-likeness (QED) is 0.521. The van der Waals surface area contributed by atoms with E-state index in [-0.39, 0.29) is 5.92 Å². The van der Waals surface area contributed by atoms with Gasteiger partial charge in [-0.05, 0) is 38.0 Å². The van der Waals surface area contributed by atoms with Gasteiger partial charge in [0.05, 0.1) is 0 Å². The predicted octanol–water partition coefficient (Wildman–Crippen LogP) is 3.10. The SMILES string of the molecule is CC1=CCCC2(C)CCCC(=O)C12. The first-order valence-electron chi connectivity index (χ1n) is 5.33. The van der Waals surface area contributed by atoms with Crippen LogP contribution < -0.4 is 0 Å². The van der Waals surface area contributed by atoms with Crippen LogP contribution in [-0.2, 0) is 4.79 Å².